The zero-order valence-electron chi connectivity index (χ0n) is 6.89. The highest BCUT2D eigenvalue weighted by atomic mass is 79.9. The van der Waals surface area contributed by atoms with Gasteiger partial charge in [-0.1, -0.05) is 0 Å². The van der Waals surface area contributed by atoms with Crippen molar-refractivity contribution in [1.29, 1.82) is 0 Å². The van der Waals surface area contributed by atoms with E-state index in [1.54, 1.807) is 13.0 Å². The summed E-state index contributed by atoms with van der Waals surface area (Å²) in [4.78, 5) is 0. The average molecular weight is 232 g/mol. The predicted octanol–water partition coefficient (Wildman–Crippen LogP) is 2.05. The lowest BCUT2D eigenvalue weighted by atomic mass is 10.2. The van der Waals surface area contributed by atoms with Gasteiger partial charge in [-0.25, -0.2) is 0 Å². The van der Waals surface area contributed by atoms with Gasteiger partial charge in [-0.2, -0.15) is 0 Å². The van der Waals surface area contributed by atoms with Gasteiger partial charge in [0.25, 0.3) is 0 Å². The Morgan fingerprint density at radius 3 is 2.67 bits per heavy atom. The Balaban J connectivity index is 3.40. The van der Waals surface area contributed by atoms with E-state index in [1.165, 1.54) is 7.11 Å². The van der Waals surface area contributed by atoms with E-state index < -0.39 is 0 Å². The maximum atomic E-state index is 9.46. The van der Waals surface area contributed by atoms with Crippen molar-refractivity contribution in [2.24, 2.45) is 0 Å². The first-order valence-electron chi connectivity index (χ1n) is 3.39. The molecule has 0 bridgehead atoms. The second kappa shape index (κ2) is 3.23. The predicted molar refractivity (Wildman–Crippen MR) is 51.5 cm³/mol. The number of hydrogen-bond acceptors (Lipinski definition) is 3. The van der Waals surface area contributed by atoms with Gasteiger partial charge in [0.15, 0.2) is 5.75 Å². The summed E-state index contributed by atoms with van der Waals surface area (Å²) < 4.78 is 5.48. The third kappa shape index (κ3) is 1.34. The van der Waals surface area contributed by atoms with Crippen LogP contribution in [-0.4, -0.2) is 12.2 Å². The normalized spacial score (nSPS) is 9.92. The number of benzene rings is 1. The third-order valence-electron chi connectivity index (χ3n) is 1.62. The molecule has 0 atom stereocenters. The van der Waals surface area contributed by atoms with Gasteiger partial charge in [0.1, 0.15) is 10.2 Å². The van der Waals surface area contributed by atoms with E-state index in [0.29, 0.717) is 15.9 Å². The zero-order chi connectivity index (χ0) is 9.30. The third-order valence-corrected chi connectivity index (χ3v) is 2.35. The van der Waals surface area contributed by atoms with Gasteiger partial charge < -0.3 is 15.6 Å². The Bertz CT molecular complexity index is 312. The van der Waals surface area contributed by atoms with Crippen LogP contribution in [-0.2, 0) is 0 Å². The summed E-state index contributed by atoms with van der Waals surface area (Å²) in [6, 6.07) is 1.67. The number of nitrogens with two attached hydrogens (primary N) is 1. The van der Waals surface area contributed by atoms with Crippen molar-refractivity contribution in [2.75, 3.05) is 12.8 Å². The van der Waals surface area contributed by atoms with Crippen LogP contribution in [0.3, 0.4) is 0 Å². The molecule has 12 heavy (non-hydrogen) atoms. The fourth-order valence-electron chi connectivity index (χ4n) is 0.982. The van der Waals surface area contributed by atoms with Crippen LogP contribution in [0.2, 0.25) is 0 Å². The summed E-state index contributed by atoms with van der Waals surface area (Å²) in [6.45, 7) is 1.77. The molecule has 0 saturated carbocycles. The van der Waals surface area contributed by atoms with Crippen molar-refractivity contribution < 1.29 is 9.84 Å². The largest absolute Gasteiger partial charge is 0.506 e. The number of nitrogen functional groups attached to an aromatic ring is 1. The number of aromatic hydroxyl groups is 1. The van der Waals surface area contributed by atoms with E-state index in [1.807, 2.05) is 0 Å². The Morgan fingerprint density at radius 1 is 1.58 bits per heavy atom. The molecule has 1 aromatic rings. The first-order chi connectivity index (χ1) is 5.57. The molecular weight excluding hydrogens is 222 g/mol. The summed E-state index contributed by atoms with van der Waals surface area (Å²) >= 11 is 3.19. The van der Waals surface area contributed by atoms with E-state index >= 15 is 0 Å². The lowest BCUT2D eigenvalue weighted by Crippen LogP contribution is -1.94. The van der Waals surface area contributed by atoms with Crippen LogP contribution >= 0.6 is 15.9 Å². The quantitative estimate of drug-likeness (QED) is 0.575. The Morgan fingerprint density at radius 2 is 2.17 bits per heavy atom. The van der Waals surface area contributed by atoms with Gasteiger partial charge in [0, 0.05) is 0 Å². The minimum atomic E-state index is 0.168. The van der Waals surface area contributed by atoms with Crippen LogP contribution in [0.25, 0.3) is 0 Å². The van der Waals surface area contributed by atoms with Crippen LogP contribution in [0, 0.1) is 6.92 Å². The maximum absolute atomic E-state index is 9.46. The van der Waals surface area contributed by atoms with Crippen molar-refractivity contribution >= 4 is 21.6 Å². The summed E-state index contributed by atoms with van der Waals surface area (Å²) in [6.07, 6.45) is 0. The molecule has 0 spiro atoms. The molecule has 0 heterocycles. The van der Waals surface area contributed by atoms with Gasteiger partial charge in [0.2, 0.25) is 0 Å². The van der Waals surface area contributed by atoms with Crippen molar-refractivity contribution in [3.05, 3.63) is 16.1 Å². The Labute approximate surface area is 79.3 Å². The van der Waals surface area contributed by atoms with Crippen molar-refractivity contribution in [3.63, 3.8) is 0 Å². The lowest BCUT2D eigenvalue weighted by molar-refractivity contribution is 0.405. The van der Waals surface area contributed by atoms with Gasteiger partial charge in [-0.3, -0.25) is 0 Å². The maximum Gasteiger partial charge on any atom is 0.159 e. The molecule has 4 heteroatoms. The van der Waals surface area contributed by atoms with Crippen LogP contribution in [0.1, 0.15) is 5.56 Å². The molecule has 0 fully saturated rings. The smallest absolute Gasteiger partial charge is 0.159 e. The van der Waals surface area contributed by atoms with Gasteiger partial charge in [-0.15, -0.1) is 0 Å². The minimum Gasteiger partial charge on any atom is -0.506 e. The van der Waals surface area contributed by atoms with Crippen LogP contribution in [0.4, 0.5) is 5.69 Å². The van der Waals surface area contributed by atoms with E-state index in [2.05, 4.69) is 15.9 Å². The van der Waals surface area contributed by atoms with Gasteiger partial charge in [0.05, 0.1) is 12.8 Å². The van der Waals surface area contributed by atoms with E-state index in [4.69, 9.17) is 10.5 Å². The number of phenolic OH excluding ortho intramolecular Hbond substituents is 1. The van der Waals surface area contributed by atoms with Gasteiger partial charge >= 0.3 is 0 Å². The van der Waals surface area contributed by atoms with Gasteiger partial charge in [-0.05, 0) is 34.5 Å². The summed E-state index contributed by atoms with van der Waals surface area (Å²) in [5.74, 6) is 0.638. The minimum absolute atomic E-state index is 0.168. The SMILES string of the molecule is COc1c(N)cc(C)c(O)c1Br. The molecule has 0 aliphatic rings. The number of rotatable bonds is 1. The molecular formula is C8H10BrNO2. The number of methoxy groups -OCH3 is 1. The molecule has 0 radical (unpaired) electrons. The molecule has 1 rings (SSSR count). The van der Waals surface area contributed by atoms with E-state index in [0.717, 1.165) is 5.56 Å². The first kappa shape index (κ1) is 9.19. The molecule has 0 aliphatic heterocycles. The molecule has 3 nitrogen and oxygen atoms in total. The molecule has 0 unspecified atom stereocenters. The fourth-order valence-corrected chi connectivity index (χ4v) is 1.69. The Kier molecular flexibility index (Phi) is 2.47. The highest BCUT2D eigenvalue weighted by molar-refractivity contribution is 9.10. The van der Waals surface area contributed by atoms with Crippen molar-refractivity contribution in [3.8, 4) is 11.5 Å². The standard InChI is InChI=1S/C8H10BrNO2/c1-4-3-5(10)8(12-2)6(9)7(4)11/h3,11H,10H2,1-2H3. The second-order valence-corrected chi connectivity index (χ2v) is 3.27. The van der Waals surface area contributed by atoms with Crippen molar-refractivity contribution in [2.45, 2.75) is 6.92 Å². The lowest BCUT2D eigenvalue weighted by Gasteiger charge is -2.10. The molecule has 3 N–H and O–H groups in total. The molecule has 1 aromatic carbocycles. The topological polar surface area (TPSA) is 55.5 Å². The highest BCUT2D eigenvalue weighted by Crippen LogP contribution is 2.40. The zero-order valence-corrected chi connectivity index (χ0v) is 8.47. The molecule has 0 aromatic heterocycles. The average Bonchev–Trinajstić information content (AvgIpc) is 2.01. The van der Waals surface area contributed by atoms with Crippen LogP contribution in [0.5, 0.6) is 11.5 Å². The first-order valence-corrected chi connectivity index (χ1v) is 4.18. The molecule has 0 amide bonds. The van der Waals surface area contributed by atoms with Crippen molar-refractivity contribution in [1.82, 2.24) is 0 Å². The molecule has 66 valence electrons. The van der Waals surface area contributed by atoms with E-state index in [-0.39, 0.29) is 5.75 Å². The summed E-state index contributed by atoms with van der Waals surface area (Å²) in [7, 11) is 1.51. The summed E-state index contributed by atoms with van der Waals surface area (Å²) in [5.41, 5.74) is 6.87. The Hall–Kier alpha value is -0.900. The monoisotopic (exact) mass is 231 g/mol. The van der Waals surface area contributed by atoms with E-state index in [9.17, 15) is 5.11 Å². The number of aryl methyl sites for hydroxylation is 1. The number of anilines is 1. The summed E-state index contributed by atoms with van der Waals surface area (Å²) in [5, 5.41) is 9.46. The second-order valence-electron chi connectivity index (χ2n) is 2.48. The van der Waals surface area contributed by atoms with Crippen LogP contribution < -0.4 is 10.5 Å². The number of hydrogen-bond donors (Lipinski definition) is 2. The number of halogens is 1. The van der Waals surface area contributed by atoms with Crippen LogP contribution in [0.15, 0.2) is 10.5 Å². The highest BCUT2D eigenvalue weighted by Gasteiger charge is 2.11. The fraction of sp³-hybridized carbons (Fsp3) is 0.250. The molecule has 0 aliphatic carbocycles. The number of ether oxygens (including phenoxy) is 1. The number of phenols is 1. The molecule has 0 saturated heterocycles.